The summed E-state index contributed by atoms with van der Waals surface area (Å²) in [5.41, 5.74) is -1.00. The highest BCUT2D eigenvalue weighted by Crippen LogP contribution is 2.64. The molecule has 0 saturated heterocycles. The van der Waals surface area contributed by atoms with Crippen LogP contribution in [0, 0.1) is 26.9 Å². The number of non-ortho nitro benzene ring substituents is 1. The molecule has 2 fully saturated rings. The number of nitro groups is 1. The number of carbonyl (C=O) groups is 1. The minimum atomic E-state index is -3.74. The van der Waals surface area contributed by atoms with E-state index in [1.54, 1.807) is 0 Å². The molecule has 0 heterocycles. The molecule has 0 radical (unpaired) electrons. The number of ketones is 1. The highest BCUT2D eigenvalue weighted by Gasteiger charge is 2.65. The van der Waals surface area contributed by atoms with Gasteiger partial charge in [0.25, 0.3) is 5.69 Å². The number of hydrogen-bond acceptors (Lipinski definition) is 5. The lowest BCUT2D eigenvalue weighted by Crippen LogP contribution is -2.43. The first-order valence-corrected chi connectivity index (χ1v) is 9.51. The van der Waals surface area contributed by atoms with Crippen LogP contribution >= 0.6 is 0 Å². The zero-order chi connectivity index (χ0) is 17.8. The van der Waals surface area contributed by atoms with E-state index in [1.807, 2.05) is 13.8 Å². The van der Waals surface area contributed by atoms with E-state index < -0.39 is 20.4 Å². The molecule has 0 amide bonds. The van der Waals surface area contributed by atoms with Gasteiger partial charge in [0.1, 0.15) is 5.78 Å². The van der Waals surface area contributed by atoms with Crippen LogP contribution in [0.2, 0.25) is 0 Å². The largest absolute Gasteiger partial charge is 0.299 e. The number of nitrogens with one attached hydrogen (secondary N) is 1. The lowest BCUT2D eigenvalue weighted by molar-refractivity contribution is -0.384. The van der Waals surface area contributed by atoms with Gasteiger partial charge in [-0.15, -0.1) is 0 Å². The third-order valence-corrected chi connectivity index (χ3v) is 7.35. The van der Waals surface area contributed by atoms with Crippen molar-refractivity contribution in [2.45, 2.75) is 33.1 Å². The van der Waals surface area contributed by atoms with Gasteiger partial charge in [0.05, 0.1) is 16.1 Å². The molecule has 2 bridgehead atoms. The van der Waals surface area contributed by atoms with Crippen molar-refractivity contribution in [3.05, 3.63) is 34.4 Å². The highest BCUT2D eigenvalue weighted by molar-refractivity contribution is 7.92. The van der Waals surface area contributed by atoms with Crippen molar-refractivity contribution in [3.8, 4) is 0 Å². The first-order chi connectivity index (χ1) is 11.1. The fourth-order valence-corrected chi connectivity index (χ4v) is 6.19. The van der Waals surface area contributed by atoms with Crippen LogP contribution < -0.4 is 4.72 Å². The number of Topliss-reactive ketones (excluding diaryl/α,β-unsaturated/α-hetero) is 1. The van der Waals surface area contributed by atoms with Gasteiger partial charge in [0.15, 0.2) is 0 Å². The molecular formula is C16H20N2O5S. The van der Waals surface area contributed by atoms with E-state index in [9.17, 15) is 23.3 Å². The predicted octanol–water partition coefficient (Wildman–Crippen LogP) is 2.73. The van der Waals surface area contributed by atoms with Gasteiger partial charge >= 0.3 is 0 Å². The maximum absolute atomic E-state index is 12.6. The minimum absolute atomic E-state index is 0.0397. The normalized spacial score (nSPS) is 28.1. The van der Waals surface area contributed by atoms with E-state index in [2.05, 4.69) is 4.72 Å². The van der Waals surface area contributed by atoms with E-state index in [4.69, 9.17) is 0 Å². The molecule has 3 rings (SSSR count). The van der Waals surface area contributed by atoms with Crippen molar-refractivity contribution in [2.75, 3.05) is 10.5 Å². The fraction of sp³-hybridized carbons (Fsp3) is 0.562. The minimum Gasteiger partial charge on any atom is -0.299 e. The van der Waals surface area contributed by atoms with Gasteiger partial charge in [-0.05, 0) is 36.3 Å². The molecule has 2 aliphatic rings. The van der Waals surface area contributed by atoms with Gasteiger partial charge in [-0.2, -0.15) is 0 Å². The number of hydrogen-bond donors (Lipinski definition) is 1. The van der Waals surface area contributed by atoms with Crippen molar-refractivity contribution in [2.24, 2.45) is 16.7 Å². The van der Waals surface area contributed by atoms with Crippen molar-refractivity contribution in [1.82, 2.24) is 0 Å². The first-order valence-electron chi connectivity index (χ1n) is 7.86. The molecule has 2 aliphatic carbocycles. The fourth-order valence-electron chi connectivity index (χ4n) is 4.30. The van der Waals surface area contributed by atoms with Crippen LogP contribution in [0.3, 0.4) is 0 Å². The average molecular weight is 352 g/mol. The number of rotatable bonds is 5. The van der Waals surface area contributed by atoms with Crippen molar-refractivity contribution in [1.29, 1.82) is 0 Å². The zero-order valence-electron chi connectivity index (χ0n) is 13.6. The van der Waals surface area contributed by atoms with Gasteiger partial charge in [0.2, 0.25) is 10.0 Å². The van der Waals surface area contributed by atoms with Crippen molar-refractivity contribution < 1.29 is 18.1 Å². The smallest absolute Gasteiger partial charge is 0.269 e. The van der Waals surface area contributed by atoms with E-state index >= 15 is 0 Å². The lowest BCUT2D eigenvalue weighted by atomic mass is 9.70. The molecule has 24 heavy (non-hydrogen) atoms. The van der Waals surface area contributed by atoms with Crippen LogP contribution in [0.1, 0.15) is 33.1 Å². The summed E-state index contributed by atoms with van der Waals surface area (Å²) in [5.74, 6) is 0.0525. The topological polar surface area (TPSA) is 106 Å². The van der Waals surface area contributed by atoms with Crippen molar-refractivity contribution in [3.63, 3.8) is 0 Å². The monoisotopic (exact) mass is 352 g/mol. The summed E-state index contributed by atoms with van der Waals surface area (Å²) in [7, 11) is -3.74. The Morgan fingerprint density at radius 2 is 1.92 bits per heavy atom. The van der Waals surface area contributed by atoms with Gasteiger partial charge in [0, 0.05) is 24.2 Å². The molecule has 2 atom stereocenters. The van der Waals surface area contributed by atoms with Crippen LogP contribution in [-0.2, 0) is 14.8 Å². The summed E-state index contributed by atoms with van der Waals surface area (Å²) >= 11 is 0. The molecule has 0 aliphatic heterocycles. The number of carbonyl (C=O) groups excluding carboxylic acids is 1. The molecule has 1 N–H and O–H groups in total. The predicted molar refractivity (Wildman–Crippen MR) is 89.1 cm³/mol. The standard InChI is InChI=1S/C16H20N2O5S/c1-15(2)11-7-8-16(15,14(19)9-11)10-24(22,23)17-12-3-5-13(6-4-12)18(20)21/h3-6,11,17H,7-10H2,1-2H3/t11-,16+/m0/s1. The summed E-state index contributed by atoms with van der Waals surface area (Å²) in [6.45, 7) is 3.97. The van der Waals surface area contributed by atoms with Crippen LogP contribution in [0.25, 0.3) is 0 Å². The van der Waals surface area contributed by atoms with Gasteiger partial charge in [-0.1, -0.05) is 13.8 Å². The molecule has 130 valence electrons. The molecular weight excluding hydrogens is 332 g/mol. The Kier molecular flexibility index (Phi) is 3.71. The second-order valence-electron chi connectivity index (χ2n) is 7.33. The van der Waals surface area contributed by atoms with Crippen LogP contribution in [0.15, 0.2) is 24.3 Å². The third kappa shape index (κ3) is 2.49. The molecule has 0 spiro atoms. The van der Waals surface area contributed by atoms with E-state index in [0.29, 0.717) is 12.8 Å². The Labute approximate surface area is 140 Å². The average Bonchev–Trinajstić information content (AvgIpc) is 2.81. The van der Waals surface area contributed by atoms with E-state index in [1.165, 1.54) is 24.3 Å². The number of sulfonamides is 1. The summed E-state index contributed by atoms with van der Waals surface area (Å²) in [6.07, 6.45) is 1.94. The Morgan fingerprint density at radius 1 is 1.29 bits per heavy atom. The molecule has 2 saturated carbocycles. The van der Waals surface area contributed by atoms with E-state index in [-0.39, 0.29) is 34.2 Å². The molecule has 8 heteroatoms. The second kappa shape index (κ2) is 5.27. The van der Waals surface area contributed by atoms with Crippen LogP contribution in [-0.4, -0.2) is 24.9 Å². The number of nitrogens with zero attached hydrogens (tertiary/aromatic N) is 1. The summed E-state index contributed by atoms with van der Waals surface area (Å²) < 4.78 is 27.6. The van der Waals surface area contributed by atoms with Crippen molar-refractivity contribution >= 4 is 27.2 Å². The number of benzene rings is 1. The Morgan fingerprint density at radius 3 is 2.38 bits per heavy atom. The highest BCUT2D eigenvalue weighted by atomic mass is 32.2. The maximum Gasteiger partial charge on any atom is 0.269 e. The third-order valence-electron chi connectivity index (χ3n) is 5.93. The molecule has 7 nitrogen and oxygen atoms in total. The van der Waals surface area contributed by atoms with Gasteiger partial charge < -0.3 is 0 Å². The maximum atomic E-state index is 12.6. The zero-order valence-corrected chi connectivity index (χ0v) is 14.4. The molecule has 0 unspecified atom stereocenters. The Bertz CT molecular complexity index is 800. The Balaban J connectivity index is 1.81. The Hall–Kier alpha value is -1.96. The molecule has 0 aromatic heterocycles. The van der Waals surface area contributed by atoms with E-state index in [0.717, 1.165) is 6.42 Å². The number of fused-ring (bicyclic) bond motifs is 2. The molecule has 1 aromatic carbocycles. The molecule has 1 aromatic rings. The number of anilines is 1. The van der Waals surface area contributed by atoms with Crippen LogP contribution in [0.4, 0.5) is 11.4 Å². The van der Waals surface area contributed by atoms with Crippen LogP contribution in [0.5, 0.6) is 0 Å². The quantitative estimate of drug-likeness (QED) is 0.648. The second-order valence-corrected chi connectivity index (χ2v) is 9.05. The summed E-state index contributed by atoms with van der Waals surface area (Å²) in [5, 5.41) is 10.7. The van der Waals surface area contributed by atoms with Gasteiger partial charge in [-0.25, -0.2) is 8.42 Å². The lowest BCUT2D eigenvalue weighted by Gasteiger charge is -2.36. The summed E-state index contributed by atoms with van der Waals surface area (Å²) in [6, 6.07) is 5.19. The van der Waals surface area contributed by atoms with Gasteiger partial charge in [-0.3, -0.25) is 19.6 Å². The SMILES string of the molecule is CC1(C)[C@H]2CC[C@@]1(CS(=O)(=O)Nc1ccc([N+](=O)[O-])cc1)C(=O)C2. The summed E-state index contributed by atoms with van der Waals surface area (Å²) in [4.78, 5) is 22.6. The number of nitro benzene ring substituents is 1. The first kappa shape index (κ1) is 16.9.